The van der Waals surface area contributed by atoms with Gasteiger partial charge in [0.05, 0.1) is 5.69 Å². The molecule has 0 atom stereocenters. The molecule has 1 heterocycles. The highest BCUT2D eigenvalue weighted by Gasteiger charge is 2.04. The number of hydrogen-bond acceptors (Lipinski definition) is 2. The average molecular weight is 159 g/mol. The van der Waals surface area contributed by atoms with Crippen LogP contribution in [-0.2, 0) is 0 Å². The van der Waals surface area contributed by atoms with Crippen LogP contribution < -0.4 is 11.3 Å². The number of rotatable bonds is 0. The molecule has 0 unspecified atom stereocenters. The van der Waals surface area contributed by atoms with Gasteiger partial charge < -0.3 is 5.84 Å². The van der Waals surface area contributed by atoms with Crippen LogP contribution >= 0.6 is 0 Å². The van der Waals surface area contributed by atoms with Gasteiger partial charge in [-0.25, -0.2) is 4.68 Å². The summed E-state index contributed by atoms with van der Waals surface area (Å²) in [6.07, 6.45) is 0. The molecule has 2 aliphatic rings. The van der Waals surface area contributed by atoms with Crippen LogP contribution in [0.2, 0.25) is 0 Å². The standard InChI is InChI=1S/C9H9N3/c10-9-6-7-4-2-1-3-5-8(7)12(9)11/h1-6,10H,11H2. The summed E-state index contributed by atoms with van der Waals surface area (Å²) in [7, 11) is 0. The summed E-state index contributed by atoms with van der Waals surface area (Å²) < 4.78 is 1.37. The maximum atomic E-state index is 7.45. The van der Waals surface area contributed by atoms with Crippen LogP contribution in [0, 0.1) is 5.41 Å². The first-order valence-electron chi connectivity index (χ1n) is 3.69. The second-order valence-corrected chi connectivity index (χ2v) is 2.65. The van der Waals surface area contributed by atoms with Crippen molar-refractivity contribution in [3.8, 4) is 11.3 Å². The molecule has 3 N–H and O–H groups in total. The summed E-state index contributed by atoms with van der Waals surface area (Å²) in [5.74, 6) is 5.62. The molecular formula is C9H9N3. The van der Waals surface area contributed by atoms with Crippen molar-refractivity contribution in [3.05, 3.63) is 41.9 Å². The van der Waals surface area contributed by atoms with Crippen LogP contribution in [0.5, 0.6) is 0 Å². The Balaban J connectivity index is 2.88. The molecule has 0 fully saturated rings. The number of fused-ring (bicyclic) bond motifs is 1. The summed E-state index contributed by atoms with van der Waals surface area (Å²) in [5.41, 5.74) is 2.20. The van der Waals surface area contributed by atoms with Gasteiger partial charge in [-0.1, -0.05) is 24.3 Å². The third kappa shape index (κ3) is 0.871. The molecule has 3 nitrogen and oxygen atoms in total. The van der Waals surface area contributed by atoms with E-state index in [1.165, 1.54) is 4.68 Å². The molecule has 12 heavy (non-hydrogen) atoms. The van der Waals surface area contributed by atoms with Gasteiger partial charge in [0.15, 0.2) is 0 Å². The Kier molecular flexibility index (Phi) is 1.37. The number of nitrogens with zero attached hydrogens (tertiary/aromatic N) is 1. The lowest BCUT2D eigenvalue weighted by molar-refractivity contribution is 0.922. The van der Waals surface area contributed by atoms with Crippen LogP contribution in [0.25, 0.3) is 11.3 Å². The summed E-state index contributed by atoms with van der Waals surface area (Å²) in [4.78, 5) is 0. The Morgan fingerprint density at radius 2 is 1.92 bits per heavy atom. The van der Waals surface area contributed by atoms with E-state index < -0.39 is 0 Å². The van der Waals surface area contributed by atoms with Crippen molar-refractivity contribution >= 4 is 0 Å². The minimum absolute atomic E-state index is 0.330. The molecule has 0 aromatic carbocycles. The molecular weight excluding hydrogens is 150 g/mol. The summed E-state index contributed by atoms with van der Waals surface area (Å²) >= 11 is 0. The Hall–Kier alpha value is -1.77. The highest BCUT2D eigenvalue weighted by molar-refractivity contribution is 5.60. The predicted octanol–water partition coefficient (Wildman–Crippen LogP) is 0.786. The second-order valence-electron chi connectivity index (χ2n) is 2.65. The first kappa shape index (κ1) is 6.91. The molecule has 0 spiro atoms. The van der Waals surface area contributed by atoms with Crippen molar-refractivity contribution in [2.45, 2.75) is 0 Å². The van der Waals surface area contributed by atoms with E-state index in [9.17, 15) is 0 Å². The van der Waals surface area contributed by atoms with Crippen LogP contribution in [0.1, 0.15) is 0 Å². The third-order valence-corrected chi connectivity index (χ3v) is 1.86. The van der Waals surface area contributed by atoms with Gasteiger partial charge in [-0.15, -0.1) is 0 Å². The Labute approximate surface area is 69.9 Å². The van der Waals surface area contributed by atoms with Crippen molar-refractivity contribution in [1.29, 1.82) is 5.41 Å². The van der Waals surface area contributed by atoms with Crippen molar-refractivity contribution < 1.29 is 0 Å². The second kappa shape index (κ2) is 2.37. The van der Waals surface area contributed by atoms with Crippen LogP contribution in [0.4, 0.5) is 0 Å². The van der Waals surface area contributed by atoms with Crippen molar-refractivity contribution in [3.63, 3.8) is 0 Å². The molecule has 0 saturated carbocycles. The minimum atomic E-state index is 0.330. The zero-order chi connectivity index (χ0) is 8.55. The number of nitrogens with one attached hydrogen (secondary N) is 1. The number of aromatic nitrogens is 1. The molecule has 0 amide bonds. The van der Waals surface area contributed by atoms with E-state index in [-0.39, 0.29) is 0 Å². The molecule has 0 saturated heterocycles. The van der Waals surface area contributed by atoms with Crippen LogP contribution in [0.15, 0.2) is 36.4 Å². The molecule has 60 valence electrons. The normalized spacial score (nSPS) is 10.3. The highest BCUT2D eigenvalue weighted by atomic mass is 15.3. The first-order chi connectivity index (χ1) is 5.79. The number of nitrogen functional groups attached to an aromatic ring is 1. The van der Waals surface area contributed by atoms with E-state index in [4.69, 9.17) is 11.3 Å². The quantitative estimate of drug-likeness (QED) is 0.548. The van der Waals surface area contributed by atoms with Gasteiger partial charge >= 0.3 is 0 Å². The van der Waals surface area contributed by atoms with E-state index in [0.717, 1.165) is 11.3 Å². The fourth-order valence-corrected chi connectivity index (χ4v) is 1.24. The Morgan fingerprint density at radius 1 is 1.17 bits per heavy atom. The van der Waals surface area contributed by atoms with Crippen molar-refractivity contribution in [1.82, 2.24) is 4.68 Å². The smallest absolute Gasteiger partial charge is 0.144 e. The van der Waals surface area contributed by atoms with Gasteiger partial charge in [-0.2, -0.15) is 0 Å². The first-order valence-corrected chi connectivity index (χ1v) is 3.69. The predicted molar refractivity (Wildman–Crippen MR) is 47.1 cm³/mol. The maximum Gasteiger partial charge on any atom is 0.144 e. The van der Waals surface area contributed by atoms with Crippen molar-refractivity contribution in [2.24, 2.45) is 0 Å². The summed E-state index contributed by atoms with van der Waals surface area (Å²) in [6, 6.07) is 11.4. The molecule has 0 aromatic heterocycles. The zero-order valence-electron chi connectivity index (χ0n) is 6.49. The van der Waals surface area contributed by atoms with E-state index in [0.29, 0.717) is 5.49 Å². The monoisotopic (exact) mass is 159 g/mol. The Morgan fingerprint density at radius 3 is 2.75 bits per heavy atom. The van der Waals surface area contributed by atoms with E-state index >= 15 is 0 Å². The molecule has 0 radical (unpaired) electrons. The lowest BCUT2D eigenvalue weighted by Gasteiger charge is -1.95. The average Bonchev–Trinajstić information content (AvgIpc) is 2.30. The zero-order valence-corrected chi connectivity index (χ0v) is 6.49. The fraction of sp³-hybridized carbons (Fsp3) is 0. The topological polar surface area (TPSA) is 54.8 Å². The SMILES string of the molecule is N=c1cc2cccccc-2n1N. The molecule has 3 heteroatoms. The van der Waals surface area contributed by atoms with Gasteiger partial charge in [0.2, 0.25) is 0 Å². The molecule has 1 aliphatic heterocycles. The van der Waals surface area contributed by atoms with Crippen molar-refractivity contribution in [2.75, 3.05) is 5.84 Å². The van der Waals surface area contributed by atoms with E-state index in [1.807, 2.05) is 30.3 Å². The summed E-state index contributed by atoms with van der Waals surface area (Å²) in [5, 5.41) is 7.45. The number of hydrogen-bond donors (Lipinski definition) is 2. The van der Waals surface area contributed by atoms with Gasteiger partial charge in [-0.3, -0.25) is 5.41 Å². The van der Waals surface area contributed by atoms with E-state index in [1.54, 1.807) is 6.07 Å². The molecule has 2 rings (SSSR count). The highest BCUT2D eigenvalue weighted by Crippen LogP contribution is 2.15. The van der Waals surface area contributed by atoms with Gasteiger partial charge in [0.25, 0.3) is 0 Å². The van der Waals surface area contributed by atoms with E-state index in [2.05, 4.69) is 0 Å². The largest absolute Gasteiger partial charge is 0.337 e. The minimum Gasteiger partial charge on any atom is -0.337 e. The molecule has 1 aliphatic carbocycles. The Bertz CT molecular complexity index is 430. The summed E-state index contributed by atoms with van der Waals surface area (Å²) in [6.45, 7) is 0. The maximum absolute atomic E-state index is 7.45. The number of nitrogens with two attached hydrogens (primary N) is 1. The third-order valence-electron chi connectivity index (χ3n) is 1.86. The van der Waals surface area contributed by atoms with Gasteiger partial charge in [-0.05, 0) is 12.1 Å². The van der Waals surface area contributed by atoms with Crippen LogP contribution in [0.3, 0.4) is 0 Å². The fourth-order valence-electron chi connectivity index (χ4n) is 1.24. The lowest BCUT2D eigenvalue weighted by Crippen LogP contribution is -2.22. The van der Waals surface area contributed by atoms with Gasteiger partial charge in [0, 0.05) is 5.56 Å². The van der Waals surface area contributed by atoms with Gasteiger partial charge in [0.1, 0.15) is 5.49 Å². The lowest BCUT2D eigenvalue weighted by atomic mass is 10.2. The molecule has 0 bridgehead atoms. The van der Waals surface area contributed by atoms with Crippen LogP contribution in [-0.4, -0.2) is 4.68 Å². The molecule has 0 aromatic rings.